The van der Waals surface area contributed by atoms with Gasteiger partial charge in [0.05, 0.1) is 10.7 Å². The minimum absolute atomic E-state index is 0.0220. The quantitative estimate of drug-likeness (QED) is 0.651. The van der Waals surface area contributed by atoms with E-state index in [0.717, 1.165) is 16.8 Å². The first-order chi connectivity index (χ1) is 12.9. The van der Waals surface area contributed by atoms with Crippen molar-refractivity contribution in [2.75, 3.05) is 11.4 Å². The largest absolute Gasteiger partial charge is 0.334 e. The first-order valence-electron chi connectivity index (χ1n) is 8.90. The molecule has 1 unspecified atom stereocenters. The normalized spacial score (nSPS) is 17.0. The molecule has 1 atom stereocenters. The van der Waals surface area contributed by atoms with Gasteiger partial charge < -0.3 is 9.42 Å². The highest BCUT2D eigenvalue weighted by Gasteiger charge is 2.36. The highest BCUT2D eigenvalue weighted by atomic mass is 35.5. The first-order valence-corrected chi connectivity index (χ1v) is 9.28. The smallest absolute Gasteiger partial charge is 0.257 e. The predicted octanol–water partition coefficient (Wildman–Crippen LogP) is 4.84. The standard InChI is InChI=1S/C21H20ClN3O2/c1-12-7-8-15(9-14(12)3)21-23-20(24-27-21)16-10-18(26)25(11-16)19-13(2)5-4-6-17(19)22/h4-9,16H,10-11H2,1-3H3. The van der Waals surface area contributed by atoms with Crippen LogP contribution < -0.4 is 4.90 Å². The molecule has 0 N–H and O–H groups in total. The summed E-state index contributed by atoms with van der Waals surface area (Å²) in [5.74, 6) is 0.947. The van der Waals surface area contributed by atoms with Crippen LogP contribution >= 0.6 is 11.6 Å². The van der Waals surface area contributed by atoms with Crippen molar-refractivity contribution in [1.82, 2.24) is 10.1 Å². The number of hydrogen-bond acceptors (Lipinski definition) is 4. The van der Waals surface area contributed by atoms with Crippen LogP contribution in [0.15, 0.2) is 40.9 Å². The first kappa shape index (κ1) is 17.7. The lowest BCUT2D eigenvalue weighted by Crippen LogP contribution is -2.25. The third-order valence-corrected chi connectivity index (χ3v) is 5.45. The second-order valence-electron chi connectivity index (χ2n) is 7.07. The molecule has 0 spiro atoms. The number of halogens is 1. The molecule has 6 heteroatoms. The summed E-state index contributed by atoms with van der Waals surface area (Å²) >= 11 is 6.34. The fraction of sp³-hybridized carbons (Fsp3) is 0.286. The maximum atomic E-state index is 12.6. The molecular weight excluding hydrogens is 362 g/mol. The maximum absolute atomic E-state index is 12.6. The minimum Gasteiger partial charge on any atom is -0.334 e. The molecule has 1 aromatic heterocycles. The molecule has 138 valence electrons. The van der Waals surface area contributed by atoms with Crippen LogP contribution in [0.2, 0.25) is 5.02 Å². The van der Waals surface area contributed by atoms with Crippen molar-refractivity contribution in [1.29, 1.82) is 0 Å². The second kappa shape index (κ2) is 6.82. The molecule has 5 nitrogen and oxygen atoms in total. The molecule has 2 aromatic carbocycles. The SMILES string of the molecule is Cc1ccc(-c2nc(C3CC(=O)N(c4c(C)cccc4Cl)C3)no2)cc1C. The van der Waals surface area contributed by atoms with E-state index in [0.29, 0.717) is 29.7 Å². The van der Waals surface area contributed by atoms with Gasteiger partial charge in [-0.15, -0.1) is 0 Å². The van der Waals surface area contributed by atoms with Crippen molar-refractivity contribution in [3.05, 3.63) is 63.9 Å². The zero-order valence-corrected chi connectivity index (χ0v) is 16.2. The van der Waals surface area contributed by atoms with Crippen molar-refractivity contribution in [3.8, 4) is 11.5 Å². The van der Waals surface area contributed by atoms with Gasteiger partial charge in [0.15, 0.2) is 5.82 Å². The molecule has 27 heavy (non-hydrogen) atoms. The Morgan fingerprint density at radius 1 is 1.11 bits per heavy atom. The average Bonchev–Trinajstić information content (AvgIpc) is 3.25. The lowest BCUT2D eigenvalue weighted by molar-refractivity contribution is -0.117. The highest BCUT2D eigenvalue weighted by molar-refractivity contribution is 6.34. The molecule has 0 radical (unpaired) electrons. The fourth-order valence-electron chi connectivity index (χ4n) is 3.45. The van der Waals surface area contributed by atoms with E-state index in [1.54, 1.807) is 11.0 Å². The van der Waals surface area contributed by atoms with Gasteiger partial charge in [-0.2, -0.15) is 4.98 Å². The van der Waals surface area contributed by atoms with Crippen LogP contribution in [-0.2, 0) is 4.79 Å². The van der Waals surface area contributed by atoms with E-state index in [4.69, 9.17) is 16.1 Å². The molecule has 3 aromatic rings. The summed E-state index contributed by atoms with van der Waals surface area (Å²) in [5.41, 5.74) is 5.01. The fourth-order valence-corrected chi connectivity index (χ4v) is 3.78. The Morgan fingerprint density at radius 2 is 1.93 bits per heavy atom. The summed E-state index contributed by atoms with van der Waals surface area (Å²) in [5, 5.41) is 4.71. The number of nitrogens with zero attached hydrogens (tertiary/aromatic N) is 3. The number of aromatic nitrogens is 2. The number of para-hydroxylation sites is 1. The number of rotatable bonds is 3. The summed E-state index contributed by atoms with van der Waals surface area (Å²) in [6, 6.07) is 11.7. The van der Waals surface area contributed by atoms with Gasteiger partial charge in [0.2, 0.25) is 5.91 Å². The Kier molecular flexibility index (Phi) is 4.48. The predicted molar refractivity (Wildman–Crippen MR) is 105 cm³/mol. The number of carbonyl (C=O) groups is 1. The molecule has 0 aliphatic carbocycles. The molecule has 1 saturated heterocycles. The molecule has 2 heterocycles. The van der Waals surface area contributed by atoms with Gasteiger partial charge in [0.25, 0.3) is 5.89 Å². The number of amides is 1. The van der Waals surface area contributed by atoms with Crippen molar-refractivity contribution >= 4 is 23.2 Å². The van der Waals surface area contributed by atoms with Crippen LogP contribution in [0.3, 0.4) is 0 Å². The number of carbonyl (C=O) groups excluding carboxylic acids is 1. The molecule has 0 bridgehead atoms. The molecule has 1 fully saturated rings. The van der Waals surface area contributed by atoms with Crippen molar-refractivity contribution in [2.45, 2.75) is 33.1 Å². The Hall–Kier alpha value is -2.66. The van der Waals surface area contributed by atoms with Gasteiger partial charge in [-0.05, 0) is 55.7 Å². The summed E-state index contributed by atoms with van der Waals surface area (Å²) in [6.45, 7) is 6.56. The summed E-state index contributed by atoms with van der Waals surface area (Å²) in [4.78, 5) is 18.9. The zero-order valence-electron chi connectivity index (χ0n) is 15.5. The highest BCUT2D eigenvalue weighted by Crippen LogP contribution is 2.37. The van der Waals surface area contributed by atoms with E-state index >= 15 is 0 Å². The number of hydrogen-bond donors (Lipinski definition) is 0. The van der Waals surface area contributed by atoms with E-state index in [-0.39, 0.29) is 11.8 Å². The molecule has 1 aliphatic heterocycles. The van der Waals surface area contributed by atoms with Crippen LogP contribution in [0.1, 0.15) is 34.9 Å². The number of anilines is 1. The second-order valence-corrected chi connectivity index (χ2v) is 7.47. The topological polar surface area (TPSA) is 59.2 Å². The van der Waals surface area contributed by atoms with E-state index in [9.17, 15) is 4.79 Å². The van der Waals surface area contributed by atoms with E-state index in [1.807, 2.05) is 37.3 Å². The lowest BCUT2D eigenvalue weighted by atomic mass is 10.1. The molecule has 4 rings (SSSR count). The Labute approximate surface area is 163 Å². The average molecular weight is 382 g/mol. The van der Waals surface area contributed by atoms with Crippen LogP contribution in [0.4, 0.5) is 5.69 Å². The minimum atomic E-state index is -0.114. The van der Waals surface area contributed by atoms with Crippen LogP contribution in [-0.4, -0.2) is 22.6 Å². The Balaban J connectivity index is 1.60. The van der Waals surface area contributed by atoms with Crippen LogP contribution in [0.5, 0.6) is 0 Å². The lowest BCUT2D eigenvalue weighted by Gasteiger charge is -2.20. The van der Waals surface area contributed by atoms with Gasteiger partial charge in [-0.25, -0.2) is 0 Å². The summed E-state index contributed by atoms with van der Waals surface area (Å²) in [6.07, 6.45) is 0.344. The van der Waals surface area contributed by atoms with Crippen LogP contribution in [0.25, 0.3) is 11.5 Å². The Morgan fingerprint density at radius 3 is 2.67 bits per heavy atom. The van der Waals surface area contributed by atoms with Crippen molar-refractivity contribution < 1.29 is 9.32 Å². The van der Waals surface area contributed by atoms with Gasteiger partial charge in [0.1, 0.15) is 0 Å². The molecular formula is C21H20ClN3O2. The molecule has 1 amide bonds. The van der Waals surface area contributed by atoms with Crippen molar-refractivity contribution in [2.24, 2.45) is 0 Å². The summed E-state index contributed by atoms with van der Waals surface area (Å²) in [7, 11) is 0. The maximum Gasteiger partial charge on any atom is 0.257 e. The van der Waals surface area contributed by atoms with E-state index in [1.165, 1.54) is 11.1 Å². The zero-order chi connectivity index (χ0) is 19.1. The number of benzene rings is 2. The third-order valence-electron chi connectivity index (χ3n) is 5.14. The Bertz CT molecular complexity index is 1010. The molecule has 1 aliphatic rings. The summed E-state index contributed by atoms with van der Waals surface area (Å²) < 4.78 is 5.46. The van der Waals surface area contributed by atoms with Gasteiger partial charge in [-0.1, -0.05) is 35.0 Å². The number of aryl methyl sites for hydroxylation is 3. The van der Waals surface area contributed by atoms with Gasteiger partial charge >= 0.3 is 0 Å². The van der Waals surface area contributed by atoms with E-state index < -0.39 is 0 Å². The van der Waals surface area contributed by atoms with Crippen LogP contribution in [0, 0.1) is 20.8 Å². The van der Waals surface area contributed by atoms with Crippen molar-refractivity contribution in [3.63, 3.8) is 0 Å². The monoisotopic (exact) mass is 381 g/mol. The molecule has 0 saturated carbocycles. The van der Waals surface area contributed by atoms with E-state index in [2.05, 4.69) is 24.0 Å². The van der Waals surface area contributed by atoms with Gasteiger partial charge in [0, 0.05) is 24.4 Å². The third kappa shape index (κ3) is 3.23. The van der Waals surface area contributed by atoms with Gasteiger partial charge in [-0.3, -0.25) is 4.79 Å².